The van der Waals surface area contributed by atoms with Crippen LogP contribution in [0.1, 0.15) is 187 Å². The van der Waals surface area contributed by atoms with Gasteiger partial charge in [0, 0.05) is 0 Å². The van der Waals surface area contributed by atoms with Crippen molar-refractivity contribution in [3.8, 4) is 0 Å². The lowest BCUT2D eigenvalue weighted by molar-refractivity contribution is -0.130. The summed E-state index contributed by atoms with van der Waals surface area (Å²) in [7, 11) is -4.44. The molecular weight excluding hydrogens is 598 g/mol. The molecule has 0 aromatic carbocycles. The van der Waals surface area contributed by atoms with E-state index >= 15 is 0 Å². The van der Waals surface area contributed by atoms with Crippen LogP contribution in [0.2, 0.25) is 0 Å². The molecule has 0 radical (unpaired) electrons. The summed E-state index contributed by atoms with van der Waals surface area (Å²) in [5.74, 6) is -1.55. The molecule has 0 aliphatic carbocycles. The number of hydrogen-bond donors (Lipinski definition) is 4. The van der Waals surface area contributed by atoms with Crippen molar-refractivity contribution in [2.24, 2.45) is 0 Å². The fourth-order valence-corrected chi connectivity index (χ4v) is 6.50. The molecular formula is C38H73NO6S. The van der Waals surface area contributed by atoms with E-state index in [2.05, 4.69) is 31.3 Å². The lowest BCUT2D eigenvalue weighted by atomic mass is 10.0. The Bertz CT molecular complexity index is 844. The van der Waals surface area contributed by atoms with Crippen molar-refractivity contribution in [1.82, 2.24) is 5.32 Å². The van der Waals surface area contributed by atoms with Gasteiger partial charge in [-0.3, -0.25) is 9.35 Å². The first-order valence-corrected chi connectivity index (χ1v) is 20.8. The minimum atomic E-state index is -4.44. The van der Waals surface area contributed by atoms with Gasteiger partial charge in [-0.25, -0.2) is 0 Å². The van der Waals surface area contributed by atoms with Crippen LogP contribution in [0.15, 0.2) is 24.3 Å². The Kier molecular flexibility index (Phi) is 31.5. The fourth-order valence-electron chi connectivity index (χ4n) is 5.77. The van der Waals surface area contributed by atoms with Crippen molar-refractivity contribution in [2.75, 3.05) is 5.75 Å². The quantitative estimate of drug-likeness (QED) is 0.0307. The van der Waals surface area contributed by atoms with E-state index in [0.717, 1.165) is 32.1 Å². The number of aliphatic hydroxyl groups is 2. The molecule has 0 aromatic heterocycles. The van der Waals surface area contributed by atoms with Crippen molar-refractivity contribution in [2.45, 2.75) is 205 Å². The van der Waals surface area contributed by atoms with Crippen molar-refractivity contribution in [3.63, 3.8) is 0 Å². The van der Waals surface area contributed by atoms with E-state index in [0.29, 0.717) is 12.8 Å². The number of aliphatic hydroxyl groups excluding tert-OH is 2. The van der Waals surface area contributed by atoms with E-state index < -0.39 is 40.0 Å². The van der Waals surface area contributed by atoms with Crippen molar-refractivity contribution < 1.29 is 28.0 Å². The van der Waals surface area contributed by atoms with E-state index in [9.17, 15) is 28.0 Å². The highest BCUT2D eigenvalue weighted by atomic mass is 32.2. The summed E-state index contributed by atoms with van der Waals surface area (Å²) in [4.78, 5) is 12.5. The highest BCUT2D eigenvalue weighted by Crippen LogP contribution is 2.14. The van der Waals surface area contributed by atoms with Gasteiger partial charge in [-0.15, -0.1) is 0 Å². The SMILES string of the molecule is CCCCCCCCCCCC/C=C/CC/C=C/C(O)C(CS(=O)(=O)O)NC(=O)C(O)CCCCCCCCCCCCCCC. The van der Waals surface area contributed by atoms with Gasteiger partial charge in [-0.05, 0) is 32.1 Å². The Morgan fingerprint density at radius 3 is 1.43 bits per heavy atom. The molecule has 0 rings (SSSR count). The molecule has 8 heteroatoms. The molecule has 0 heterocycles. The summed E-state index contributed by atoms with van der Waals surface area (Å²) in [6, 6.07) is -1.24. The van der Waals surface area contributed by atoms with Gasteiger partial charge < -0.3 is 15.5 Å². The average Bonchev–Trinajstić information content (AvgIpc) is 3.01. The van der Waals surface area contributed by atoms with Gasteiger partial charge in [0.25, 0.3) is 10.1 Å². The Labute approximate surface area is 284 Å². The average molecular weight is 672 g/mol. The molecule has 4 N–H and O–H groups in total. The van der Waals surface area contributed by atoms with Crippen LogP contribution in [0, 0.1) is 0 Å². The predicted molar refractivity (Wildman–Crippen MR) is 195 cm³/mol. The number of carbonyl (C=O) groups excluding carboxylic acids is 1. The number of allylic oxidation sites excluding steroid dienone is 3. The number of amides is 1. The zero-order valence-electron chi connectivity index (χ0n) is 29.8. The fraction of sp³-hybridized carbons (Fsp3) is 0.868. The first-order valence-electron chi connectivity index (χ1n) is 19.1. The first kappa shape index (κ1) is 44.8. The number of carbonyl (C=O) groups is 1. The Morgan fingerprint density at radius 1 is 0.587 bits per heavy atom. The minimum Gasteiger partial charge on any atom is -0.387 e. The van der Waals surface area contributed by atoms with Crippen LogP contribution in [0.25, 0.3) is 0 Å². The van der Waals surface area contributed by atoms with Gasteiger partial charge in [0.05, 0.1) is 17.9 Å². The Morgan fingerprint density at radius 2 is 0.978 bits per heavy atom. The van der Waals surface area contributed by atoms with E-state index in [1.165, 1.54) is 128 Å². The molecule has 0 aliphatic heterocycles. The lowest BCUT2D eigenvalue weighted by Gasteiger charge is -2.22. The monoisotopic (exact) mass is 672 g/mol. The summed E-state index contributed by atoms with van der Waals surface area (Å²) in [6.07, 6.45) is 36.6. The molecule has 3 atom stereocenters. The molecule has 0 spiro atoms. The third-order valence-corrected chi connectivity index (χ3v) is 9.52. The van der Waals surface area contributed by atoms with Crippen LogP contribution in [-0.2, 0) is 14.9 Å². The second-order valence-electron chi connectivity index (χ2n) is 13.3. The summed E-state index contributed by atoms with van der Waals surface area (Å²) in [5, 5.41) is 23.3. The van der Waals surface area contributed by atoms with Gasteiger partial charge in [-0.1, -0.05) is 179 Å². The topological polar surface area (TPSA) is 124 Å². The number of unbranched alkanes of at least 4 members (excludes halogenated alkanes) is 23. The molecule has 1 amide bonds. The minimum absolute atomic E-state index is 0.277. The molecule has 0 saturated carbocycles. The van der Waals surface area contributed by atoms with Gasteiger partial charge in [-0.2, -0.15) is 8.42 Å². The van der Waals surface area contributed by atoms with Gasteiger partial charge in [0.15, 0.2) is 0 Å². The second kappa shape index (κ2) is 32.3. The largest absolute Gasteiger partial charge is 0.387 e. The van der Waals surface area contributed by atoms with Crippen molar-refractivity contribution in [1.29, 1.82) is 0 Å². The summed E-state index contributed by atoms with van der Waals surface area (Å²) >= 11 is 0. The standard InChI is InChI=1S/C38H73NO6S/c1-3-5-7-9-11-13-15-17-18-19-21-22-24-26-28-30-32-36(40)35(34-46(43,44)45)39-38(42)37(41)33-31-29-27-25-23-20-16-14-12-10-8-6-4-2/h22,24,30,32,35-37,40-41H,3-21,23,25-29,31,33-34H2,1-2H3,(H,39,42)(H,43,44,45)/b24-22+,32-30+. The smallest absolute Gasteiger partial charge is 0.267 e. The van der Waals surface area contributed by atoms with Gasteiger partial charge in [0.2, 0.25) is 5.91 Å². The predicted octanol–water partition coefficient (Wildman–Crippen LogP) is 9.77. The molecule has 0 bridgehead atoms. The van der Waals surface area contributed by atoms with Crippen molar-refractivity contribution in [3.05, 3.63) is 24.3 Å². The van der Waals surface area contributed by atoms with Crippen LogP contribution < -0.4 is 5.32 Å². The molecule has 0 saturated heterocycles. The number of hydrogen-bond acceptors (Lipinski definition) is 5. The van der Waals surface area contributed by atoms with Crippen LogP contribution in [-0.4, -0.2) is 53.1 Å². The molecule has 0 aromatic rings. The van der Waals surface area contributed by atoms with Crippen molar-refractivity contribution >= 4 is 16.0 Å². The molecule has 0 fully saturated rings. The number of nitrogens with one attached hydrogen (secondary N) is 1. The molecule has 46 heavy (non-hydrogen) atoms. The third kappa shape index (κ3) is 31.4. The Balaban J connectivity index is 4.14. The third-order valence-electron chi connectivity index (χ3n) is 8.74. The highest BCUT2D eigenvalue weighted by Gasteiger charge is 2.27. The maximum Gasteiger partial charge on any atom is 0.267 e. The number of rotatable bonds is 34. The zero-order valence-corrected chi connectivity index (χ0v) is 30.6. The van der Waals surface area contributed by atoms with Crippen LogP contribution in [0.5, 0.6) is 0 Å². The molecule has 3 unspecified atom stereocenters. The van der Waals surface area contributed by atoms with E-state index in [4.69, 9.17) is 0 Å². The van der Waals surface area contributed by atoms with E-state index in [-0.39, 0.29) is 6.42 Å². The molecule has 272 valence electrons. The lowest BCUT2D eigenvalue weighted by Crippen LogP contribution is -2.50. The summed E-state index contributed by atoms with van der Waals surface area (Å²) in [6.45, 7) is 4.49. The highest BCUT2D eigenvalue weighted by molar-refractivity contribution is 7.85. The molecule has 0 aliphatic rings. The maximum atomic E-state index is 12.5. The maximum absolute atomic E-state index is 12.5. The Hall–Kier alpha value is -1.22. The normalized spacial score (nSPS) is 14.3. The first-order chi connectivity index (χ1) is 22.2. The van der Waals surface area contributed by atoms with Crippen LogP contribution >= 0.6 is 0 Å². The van der Waals surface area contributed by atoms with Crippen LogP contribution in [0.3, 0.4) is 0 Å². The summed E-state index contributed by atoms with van der Waals surface area (Å²) in [5.41, 5.74) is 0. The van der Waals surface area contributed by atoms with Gasteiger partial charge >= 0.3 is 0 Å². The summed E-state index contributed by atoms with van der Waals surface area (Å²) < 4.78 is 32.4. The van der Waals surface area contributed by atoms with E-state index in [1.807, 2.05) is 0 Å². The second-order valence-corrected chi connectivity index (χ2v) is 14.8. The van der Waals surface area contributed by atoms with E-state index in [1.54, 1.807) is 6.08 Å². The van der Waals surface area contributed by atoms with Crippen LogP contribution in [0.4, 0.5) is 0 Å². The van der Waals surface area contributed by atoms with Gasteiger partial charge in [0.1, 0.15) is 6.10 Å². The molecule has 7 nitrogen and oxygen atoms in total. The zero-order chi connectivity index (χ0) is 34.1.